The van der Waals surface area contributed by atoms with Gasteiger partial charge >= 0.3 is 0 Å². The number of amides is 1. The Labute approximate surface area is 164 Å². The molecule has 8 heteroatoms. The normalized spacial score (nSPS) is 10.9. The first-order valence-electron chi connectivity index (χ1n) is 9.12. The molecule has 1 amide bonds. The molecule has 0 aliphatic carbocycles. The van der Waals surface area contributed by atoms with Gasteiger partial charge in [0, 0.05) is 25.4 Å². The fourth-order valence-corrected chi connectivity index (χ4v) is 2.57. The van der Waals surface area contributed by atoms with E-state index >= 15 is 0 Å². The lowest BCUT2D eigenvalue weighted by atomic mass is 10.2. The molecule has 0 aliphatic rings. The van der Waals surface area contributed by atoms with Gasteiger partial charge in [0.25, 0.3) is 5.91 Å². The van der Waals surface area contributed by atoms with Gasteiger partial charge in [0.15, 0.2) is 5.82 Å². The lowest BCUT2D eigenvalue weighted by molar-refractivity contribution is 0.0949. The summed E-state index contributed by atoms with van der Waals surface area (Å²) in [6.45, 7) is 6.81. The number of carbonyl (C=O) groups is 1. The van der Waals surface area contributed by atoms with Crippen molar-refractivity contribution in [1.29, 1.82) is 0 Å². The fraction of sp³-hybridized carbons (Fsp3) is 0.350. The van der Waals surface area contributed by atoms with E-state index in [2.05, 4.69) is 25.4 Å². The van der Waals surface area contributed by atoms with Crippen LogP contribution in [0.15, 0.2) is 41.2 Å². The summed E-state index contributed by atoms with van der Waals surface area (Å²) >= 11 is 0. The van der Waals surface area contributed by atoms with Gasteiger partial charge < -0.3 is 14.7 Å². The van der Waals surface area contributed by atoms with Crippen LogP contribution in [-0.2, 0) is 13.1 Å². The molecule has 146 valence electrons. The maximum atomic E-state index is 12.3. The number of aromatic nitrogens is 4. The van der Waals surface area contributed by atoms with Crippen LogP contribution in [0.3, 0.4) is 0 Å². The minimum Gasteiger partial charge on any atom is -0.354 e. The summed E-state index contributed by atoms with van der Waals surface area (Å²) in [5, 5.41) is 6.63. The third kappa shape index (κ3) is 4.70. The van der Waals surface area contributed by atoms with E-state index in [0.29, 0.717) is 23.8 Å². The predicted octanol–water partition coefficient (Wildman–Crippen LogP) is 2.86. The predicted molar refractivity (Wildman–Crippen MR) is 105 cm³/mol. The van der Waals surface area contributed by atoms with E-state index in [1.165, 1.54) is 0 Å². The molecule has 28 heavy (non-hydrogen) atoms. The molecule has 0 bridgehead atoms. The van der Waals surface area contributed by atoms with Crippen molar-refractivity contribution in [3.63, 3.8) is 0 Å². The quantitative estimate of drug-likeness (QED) is 0.673. The highest BCUT2D eigenvalue weighted by Crippen LogP contribution is 2.14. The zero-order valence-electron chi connectivity index (χ0n) is 16.5. The maximum Gasteiger partial charge on any atom is 0.253 e. The van der Waals surface area contributed by atoms with Crippen molar-refractivity contribution in [2.24, 2.45) is 0 Å². The number of carbonyl (C=O) groups excluding carboxylic acids is 1. The average molecular weight is 380 g/mol. The first-order chi connectivity index (χ1) is 13.4. The van der Waals surface area contributed by atoms with Crippen LogP contribution >= 0.6 is 0 Å². The lowest BCUT2D eigenvalue weighted by Gasteiger charge is -2.18. The highest BCUT2D eigenvalue weighted by molar-refractivity contribution is 5.93. The minimum atomic E-state index is -0.238. The Kier molecular flexibility index (Phi) is 5.98. The number of rotatable bonds is 7. The Bertz CT molecular complexity index is 936. The van der Waals surface area contributed by atoms with Crippen molar-refractivity contribution in [1.82, 2.24) is 25.4 Å². The number of nitrogens with one attached hydrogen (secondary N) is 1. The van der Waals surface area contributed by atoms with Gasteiger partial charge in [-0.3, -0.25) is 9.78 Å². The standard InChI is InChI=1S/C20H24N6O2/c1-13(2)20-24-17(25-28-20)11-23-19(27)15-7-8-18(22-10-15)26(4)12-16-14(3)6-5-9-21-16/h5-10,13H,11-12H2,1-4H3,(H,23,27). The summed E-state index contributed by atoms with van der Waals surface area (Å²) in [6.07, 6.45) is 3.34. The van der Waals surface area contributed by atoms with Crippen molar-refractivity contribution in [3.05, 3.63) is 65.2 Å². The summed E-state index contributed by atoms with van der Waals surface area (Å²) in [5.41, 5.74) is 2.60. The van der Waals surface area contributed by atoms with Crippen LogP contribution in [0.25, 0.3) is 0 Å². The smallest absolute Gasteiger partial charge is 0.253 e. The van der Waals surface area contributed by atoms with Crippen LogP contribution in [0.2, 0.25) is 0 Å². The van der Waals surface area contributed by atoms with Crippen LogP contribution in [0, 0.1) is 6.92 Å². The summed E-state index contributed by atoms with van der Waals surface area (Å²) in [5.74, 6) is 1.69. The molecule has 3 aromatic heterocycles. The molecule has 0 radical (unpaired) electrons. The monoisotopic (exact) mass is 380 g/mol. The van der Waals surface area contributed by atoms with Crippen LogP contribution in [0.1, 0.15) is 53.1 Å². The second kappa shape index (κ2) is 8.60. The number of aryl methyl sites for hydroxylation is 1. The number of pyridine rings is 2. The van der Waals surface area contributed by atoms with Crippen LogP contribution in [-0.4, -0.2) is 33.1 Å². The first kappa shape index (κ1) is 19.5. The van der Waals surface area contributed by atoms with E-state index < -0.39 is 0 Å². The zero-order valence-corrected chi connectivity index (χ0v) is 16.5. The van der Waals surface area contributed by atoms with Crippen molar-refractivity contribution in [2.45, 2.75) is 39.8 Å². The first-order valence-corrected chi connectivity index (χ1v) is 9.12. The summed E-state index contributed by atoms with van der Waals surface area (Å²) < 4.78 is 5.13. The second-order valence-corrected chi connectivity index (χ2v) is 6.91. The van der Waals surface area contributed by atoms with E-state index in [-0.39, 0.29) is 18.4 Å². The Morgan fingerprint density at radius 2 is 2.07 bits per heavy atom. The second-order valence-electron chi connectivity index (χ2n) is 6.91. The van der Waals surface area contributed by atoms with Gasteiger partial charge in [-0.05, 0) is 30.7 Å². The van der Waals surface area contributed by atoms with Crippen molar-refractivity contribution < 1.29 is 9.32 Å². The van der Waals surface area contributed by atoms with Gasteiger partial charge in [-0.25, -0.2) is 4.98 Å². The molecule has 0 aliphatic heterocycles. The molecule has 1 N–H and O–H groups in total. The number of anilines is 1. The van der Waals surface area contributed by atoms with E-state index in [0.717, 1.165) is 17.1 Å². The highest BCUT2D eigenvalue weighted by Gasteiger charge is 2.13. The van der Waals surface area contributed by atoms with E-state index in [9.17, 15) is 4.79 Å². The van der Waals surface area contributed by atoms with Crippen molar-refractivity contribution in [3.8, 4) is 0 Å². The molecule has 8 nitrogen and oxygen atoms in total. The largest absolute Gasteiger partial charge is 0.354 e. The van der Waals surface area contributed by atoms with Gasteiger partial charge in [-0.15, -0.1) is 0 Å². The number of nitrogens with zero attached hydrogens (tertiary/aromatic N) is 5. The molecule has 0 aromatic carbocycles. The SMILES string of the molecule is Cc1cccnc1CN(C)c1ccc(C(=O)NCc2noc(C(C)C)n2)cn1. The van der Waals surface area contributed by atoms with Gasteiger partial charge in [-0.1, -0.05) is 25.1 Å². The lowest BCUT2D eigenvalue weighted by Crippen LogP contribution is -2.24. The molecule has 0 fully saturated rings. The molecular formula is C20H24N6O2. The van der Waals surface area contributed by atoms with E-state index in [4.69, 9.17) is 4.52 Å². The van der Waals surface area contributed by atoms with E-state index in [1.807, 2.05) is 50.9 Å². The van der Waals surface area contributed by atoms with Gasteiger partial charge in [0.2, 0.25) is 5.89 Å². The molecule has 0 atom stereocenters. The third-order valence-electron chi connectivity index (χ3n) is 4.29. The summed E-state index contributed by atoms with van der Waals surface area (Å²) in [4.78, 5) is 27.3. The number of hydrogen-bond acceptors (Lipinski definition) is 7. The Morgan fingerprint density at radius 3 is 2.71 bits per heavy atom. The topological polar surface area (TPSA) is 97.0 Å². The van der Waals surface area contributed by atoms with Crippen LogP contribution < -0.4 is 10.2 Å². The third-order valence-corrected chi connectivity index (χ3v) is 4.29. The average Bonchev–Trinajstić information content (AvgIpc) is 3.17. The van der Waals surface area contributed by atoms with Gasteiger partial charge in [0.1, 0.15) is 5.82 Å². The molecule has 3 aromatic rings. The van der Waals surface area contributed by atoms with Gasteiger partial charge in [-0.2, -0.15) is 4.98 Å². The van der Waals surface area contributed by atoms with E-state index in [1.54, 1.807) is 18.5 Å². The molecule has 3 heterocycles. The van der Waals surface area contributed by atoms with Crippen molar-refractivity contribution >= 4 is 11.7 Å². The fourth-order valence-electron chi connectivity index (χ4n) is 2.57. The maximum absolute atomic E-state index is 12.3. The summed E-state index contributed by atoms with van der Waals surface area (Å²) in [7, 11) is 1.94. The molecule has 0 spiro atoms. The Hall–Kier alpha value is -3.29. The highest BCUT2D eigenvalue weighted by atomic mass is 16.5. The van der Waals surface area contributed by atoms with Gasteiger partial charge in [0.05, 0.1) is 24.3 Å². The van der Waals surface area contributed by atoms with Crippen LogP contribution in [0.5, 0.6) is 0 Å². The van der Waals surface area contributed by atoms with Crippen molar-refractivity contribution in [2.75, 3.05) is 11.9 Å². The molecule has 0 unspecified atom stereocenters. The molecule has 3 rings (SSSR count). The Balaban J connectivity index is 1.58. The molecular weight excluding hydrogens is 356 g/mol. The minimum absolute atomic E-state index is 0.153. The van der Waals surface area contributed by atoms with Crippen LogP contribution in [0.4, 0.5) is 5.82 Å². The summed E-state index contributed by atoms with van der Waals surface area (Å²) in [6, 6.07) is 7.52. The zero-order chi connectivity index (χ0) is 20.1. The Morgan fingerprint density at radius 1 is 1.25 bits per heavy atom. The number of hydrogen-bond donors (Lipinski definition) is 1. The molecule has 0 saturated carbocycles. The molecule has 0 saturated heterocycles.